The first kappa shape index (κ1) is 14.6. The molecule has 4 atom stereocenters. The molecular weight excluding hydrogens is 294 g/mol. The first-order chi connectivity index (χ1) is 10.4. The van der Waals surface area contributed by atoms with E-state index in [1.54, 1.807) is 6.92 Å². The molecule has 1 unspecified atom stereocenters. The molecule has 10 heteroatoms. The van der Waals surface area contributed by atoms with Gasteiger partial charge in [0.1, 0.15) is 12.2 Å². The Kier molecular flexibility index (Phi) is 3.43. The number of nitrogens with zero attached hydrogens (tertiary/aromatic N) is 3. The molecule has 0 saturated carbocycles. The van der Waals surface area contributed by atoms with Crippen LogP contribution >= 0.6 is 0 Å². The zero-order chi connectivity index (χ0) is 16.0. The molecule has 0 aliphatic carbocycles. The molecule has 1 fully saturated rings. The molecule has 118 valence electrons. The number of aliphatic hydroxyl groups is 2. The maximum atomic E-state index is 11.9. The molecule has 1 aliphatic rings. The van der Waals surface area contributed by atoms with Crippen molar-refractivity contribution in [1.82, 2.24) is 19.5 Å². The molecule has 0 bridgehead atoms. The van der Waals surface area contributed by atoms with Crippen molar-refractivity contribution in [1.29, 1.82) is 0 Å². The summed E-state index contributed by atoms with van der Waals surface area (Å²) in [5, 5.41) is 22.2. The highest BCUT2D eigenvalue weighted by atomic mass is 16.6. The van der Waals surface area contributed by atoms with Crippen LogP contribution in [0.15, 0.2) is 11.1 Å². The second kappa shape index (κ2) is 5.16. The minimum atomic E-state index is -1.18. The highest BCUT2D eigenvalue weighted by Gasteiger charge is 2.42. The van der Waals surface area contributed by atoms with Crippen LogP contribution in [0.5, 0.6) is 0 Å². The average molecular weight is 309 g/mol. The van der Waals surface area contributed by atoms with Gasteiger partial charge in [-0.3, -0.25) is 24.5 Å². The van der Waals surface area contributed by atoms with Crippen molar-refractivity contribution in [2.24, 2.45) is 0 Å². The summed E-state index contributed by atoms with van der Waals surface area (Å²) in [5.74, 6) is -0.428. The molecule has 3 rings (SSSR count). The Labute approximate surface area is 123 Å². The molecule has 4 N–H and O–H groups in total. The Morgan fingerprint density at radius 1 is 1.45 bits per heavy atom. The average Bonchev–Trinajstić information content (AvgIpc) is 2.95. The summed E-state index contributed by atoms with van der Waals surface area (Å²) < 4.78 is 6.84. The molecule has 1 amide bonds. The van der Waals surface area contributed by atoms with Crippen LogP contribution in [0.25, 0.3) is 11.2 Å². The molecule has 0 spiro atoms. The Hall–Kier alpha value is -2.30. The molecular formula is C12H15N5O5. The van der Waals surface area contributed by atoms with Crippen LogP contribution in [-0.4, -0.2) is 54.0 Å². The van der Waals surface area contributed by atoms with Crippen LogP contribution in [0.1, 0.15) is 20.1 Å². The summed E-state index contributed by atoms with van der Waals surface area (Å²) in [6.07, 6.45) is -2.44. The van der Waals surface area contributed by atoms with Crippen molar-refractivity contribution < 1.29 is 19.7 Å². The van der Waals surface area contributed by atoms with Crippen LogP contribution in [0.4, 0.5) is 5.95 Å². The first-order valence-electron chi connectivity index (χ1n) is 6.64. The smallest absolute Gasteiger partial charge is 0.280 e. The predicted molar refractivity (Wildman–Crippen MR) is 74.1 cm³/mol. The van der Waals surface area contributed by atoms with Crippen LogP contribution in [-0.2, 0) is 9.53 Å². The van der Waals surface area contributed by atoms with E-state index in [-0.39, 0.29) is 17.1 Å². The number of hydrogen-bond donors (Lipinski definition) is 4. The zero-order valence-corrected chi connectivity index (χ0v) is 11.8. The number of aliphatic hydroxyl groups excluding tert-OH is 2. The van der Waals surface area contributed by atoms with Gasteiger partial charge in [-0.05, 0) is 6.92 Å². The van der Waals surface area contributed by atoms with E-state index < -0.39 is 36.0 Å². The molecule has 3 heterocycles. The zero-order valence-electron chi connectivity index (χ0n) is 11.8. The maximum absolute atomic E-state index is 11.9. The lowest BCUT2D eigenvalue weighted by atomic mass is 10.1. The number of carbonyl (C=O) groups excluding carboxylic acids is 1. The summed E-state index contributed by atoms with van der Waals surface area (Å²) >= 11 is 0. The summed E-state index contributed by atoms with van der Waals surface area (Å²) in [5.41, 5.74) is -0.356. The monoisotopic (exact) mass is 309 g/mol. The summed E-state index contributed by atoms with van der Waals surface area (Å²) in [7, 11) is 0. The molecule has 10 nitrogen and oxygen atoms in total. The molecule has 2 aromatic rings. The molecule has 2 aromatic heterocycles. The Balaban J connectivity index is 2.09. The second-order valence-corrected chi connectivity index (χ2v) is 5.13. The minimum absolute atomic E-state index is 0.0344. The Morgan fingerprint density at radius 2 is 2.18 bits per heavy atom. The van der Waals surface area contributed by atoms with Gasteiger partial charge in [-0.2, -0.15) is 4.98 Å². The van der Waals surface area contributed by atoms with E-state index >= 15 is 0 Å². The van der Waals surface area contributed by atoms with Crippen molar-refractivity contribution in [3.05, 3.63) is 16.7 Å². The van der Waals surface area contributed by atoms with Crippen molar-refractivity contribution in [3.8, 4) is 0 Å². The van der Waals surface area contributed by atoms with Crippen LogP contribution in [0.2, 0.25) is 0 Å². The Bertz CT molecular complexity index is 784. The minimum Gasteiger partial charge on any atom is -0.388 e. The number of rotatable bonds is 2. The van der Waals surface area contributed by atoms with E-state index in [1.807, 2.05) is 0 Å². The quantitative estimate of drug-likeness (QED) is 0.541. The third-order valence-corrected chi connectivity index (χ3v) is 3.48. The van der Waals surface area contributed by atoms with Gasteiger partial charge in [-0.1, -0.05) is 0 Å². The lowest BCUT2D eigenvalue weighted by Gasteiger charge is -2.16. The maximum Gasteiger partial charge on any atom is 0.280 e. The van der Waals surface area contributed by atoms with Crippen molar-refractivity contribution >= 4 is 23.0 Å². The van der Waals surface area contributed by atoms with Gasteiger partial charge in [0, 0.05) is 6.92 Å². The molecule has 0 aromatic carbocycles. The van der Waals surface area contributed by atoms with Gasteiger partial charge >= 0.3 is 0 Å². The van der Waals surface area contributed by atoms with Crippen LogP contribution < -0.4 is 10.9 Å². The topological polar surface area (TPSA) is 142 Å². The van der Waals surface area contributed by atoms with Gasteiger partial charge in [0.25, 0.3) is 5.56 Å². The van der Waals surface area contributed by atoms with E-state index in [0.717, 1.165) is 0 Å². The number of H-pyrrole nitrogens is 1. The van der Waals surface area contributed by atoms with Gasteiger partial charge in [-0.15, -0.1) is 0 Å². The number of hydrogen-bond acceptors (Lipinski definition) is 7. The number of fused-ring (bicyclic) bond motifs is 1. The van der Waals surface area contributed by atoms with Gasteiger partial charge < -0.3 is 14.9 Å². The fraction of sp³-hybridized carbons (Fsp3) is 0.500. The summed E-state index contributed by atoms with van der Waals surface area (Å²) in [6.45, 7) is 2.90. The van der Waals surface area contributed by atoms with Crippen LogP contribution in [0, 0.1) is 0 Å². The molecule has 22 heavy (non-hydrogen) atoms. The fourth-order valence-electron chi connectivity index (χ4n) is 2.40. The standard InChI is InChI=1S/C12H15N5O5/c1-4-7(19)8(20)11(22-4)17-3-13-6-9(17)15-12(14-5(2)18)16-10(6)21/h3-4,7-8,11,19-20H,1-2H3,(H2,14,15,16,18,21)/t4-,7?,8+,11-/m1/s1. The molecule has 0 radical (unpaired) electrons. The van der Waals surface area contributed by atoms with Crippen molar-refractivity contribution in [2.45, 2.75) is 38.4 Å². The lowest BCUT2D eigenvalue weighted by molar-refractivity contribution is -0.114. The van der Waals surface area contributed by atoms with E-state index in [1.165, 1.54) is 17.8 Å². The summed E-state index contributed by atoms with van der Waals surface area (Å²) in [4.78, 5) is 33.5. The van der Waals surface area contributed by atoms with E-state index in [2.05, 4.69) is 20.3 Å². The number of ether oxygens (including phenoxy) is 1. The number of imidazole rings is 1. The summed E-state index contributed by atoms with van der Waals surface area (Å²) in [6, 6.07) is 0. The van der Waals surface area contributed by atoms with Gasteiger partial charge in [0.05, 0.1) is 12.4 Å². The number of aromatic amines is 1. The fourth-order valence-corrected chi connectivity index (χ4v) is 2.40. The first-order valence-corrected chi connectivity index (χ1v) is 6.64. The Morgan fingerprint density at radius 3 is 2.77 bits per heavy atom. The number of nitrogens with one attached hydrogen (secondary N) is 2. The van der Waals surface area contributed by atoms with E-state index in [9.17, 15) is 19.8 Å². The van der Waals surface area contributed by atoms with Crippen LogP contribution in [0.3, 0.4) is 0 Å². The van der Waals surface area contributed by atoms with Crippen molar-refractivity contribution in [2.75, 3.05) is 5.32 Å². The second-order valence-electron chi connectivity index (χ2n) is 5.13. The number of amides is 1. The normalized spacial score (nSPS) is 28.2. The van der Waals surface area contributed by atoms with Gasteiger partial charge in [0.2, 0.25) is 11.9 Å². The molecule has 1 saturated heterocycles. The van der Waals surface area contributed by atoms with Gasteiger partial charge in [0.15, 0.2) is 17.4 Å². The van der Waals surface area contributed by atoms with E-state index in [4.69, 9.17) is 4.74 Å². The van der Waals surface area contributed by atoms with Crippen molar-refractivity contribution in [3.63, 3.8) is 0 Å². The highest BCUT2D eigenvalue weighted by molar-refractivity contribution is 5.87. The highest BCUT2D eigenvalue weighted by Crippen LogP contribution is 2.30. The third kappa shape index (κ3) is 2.26. The molecule has 1 aliphatic heterocycles. The third-order valence-electron chi connectivity index (χ3n) is 3.48. The number of aromatic nitrogens is 4. The van der Waals surface area contributed by atoms with Gasteiger partial charge in [-0.25, -0.2) is 4.98 Å². The largest absolute Gasteiger partial charge is 0.388 e. The number of anilines is 1. The number of carbonyl (C=O) groups is 1. The predicted octanol–water partition coefficient (Wildman–Crippen LogP) is -1.28. The SMILES string of the molecule is CC(=O)Nc1nc2c(ncn2[C@@H]2O[C@H](C)C(O)[C@@H]2O)c(=O)[nH]1. The van der Waals surface area contributed by atoms with E-state index in [0.29, 0.717) is 0 Å². The lowest BCUT2D eigenvalue weighted by Crippen LogP contribution is -2.30.